The number of fused-ring (bicyclic) bond motifs is 1. The Hall–Kier alpha value is -2.87. The number of likely N-dealkylation sites (tertiary alicyclic amines) is 1. The van der Waals surface area contributed by atoms with Gasteiger partial charge in [-0.05, 0) is 37.0 Å². The van der Waals surface area contributed by atoms with E-state index in [9.17, 15) is 9.59 Å². The average Bonchev–Trinajstić information content (AvgIpc) is 2.64. The summed E-state index contributed by atoms with van der Waals surface area (Å²) >= 11 is 0. The molecule has 1 fully saturated rings. The maximum atomic E-state index is 12.2. The number of amides is 1. The van der Waals surface area contributed by atoms with E-state index in [1.807, 2.05) is 13.0 Å². The summed E-state index contributed by atoms with van der Waals surface area (Å²) in [5.41, 5.74) is 6.93. The van der Waals surface area contributed by atoms with Crippen molar-refractivity contribution in [2.75, 3.05) is 19.7 Å². The van der Waals surface area contributed by atoms with Crippen molar-refractivity contribution in [2.45, 2.75) is 39.2 Å². The van der Waals surface area contributed by atoms with Gasteiger partial charge in [0.1, 0.15) is 11.3 Å². The van der Waals surface area contributed by atoms with E-state index in [-0.39, 0.29) is 24.2 Å². The zero-order valence-corrected chi connectivity index (χ0v) is 16.1. The van der Waals surface area contributed by atoms with Crippen molar-refractivity contribution in [2.24, 2.45) is 5.73 Å². The number of carboxylic acid groups (broad SMARTS) is 1. The van der Waals surface area contributed by atoms with Crippen molar-refractivity contribution >= 4 is 22.8 Å². The highest BCUT2D eigenvalue weighted by Gasteiger charge is 2.21. The van der Waals surface area contributed by atoms with Gasteiger partial charge in [-0.2, -0.15) is 0 Å². The molecule has 1 amide bonds. The topological polar surface area (TPSA) is 123 Å². The van der Waals surface area contributed by atoms with E-state index in [1.54, 1.807) is 17.0 Å². The zero-order valence-electron chi connectivity index (χ0n) is 16.1. The molecule has 1 saturated heterocycles. The van der Waals surface area contributed by atoms with Gasteiger partial charge in [0.15, 0.2) is 6.61 Å². The van der Waals surface area contributed by atoms with Gasteiger partial charge in [0.2, 0.25) is 0 Å². The maximum Gasteiger partial charge on any atom is 0.336 e. The summed E-state index contributed by atoms with van der Waals surface area (Å²) in [4.78, 5) is 34.5. The number of aryl methyl sites for hydroxylation is 1. The van der Waals surface area contributed by atoms with Gasteiger partial charge in [0.05, 0.1) is 0 Å². The molecule has 8 heteroatoms. The van der Waals surface area contributed by atoms with Gasteiger partial charge in [-0.3, -0.25) is 9.59 Å². The molecule has 0 saturated carbocycles. The summed E-state index contributed by atoms with van der Waals surface area (Å²) in [6.07, 6.45) is 2.62. The van der Waals surface area contributed by atoms with E-state index < -0.39 is 5.97 Å². The van der Waals surface area contributed by atoms with Crippen LogP contribution in [0.1, 0.15) is 32.3 Å². The Balaban J connectivity index is 0.000000640. The summed E-state index contributed by atoms with van der Waals surface area (Å²) in [6, 6.07) is 6.85. The molecule has 3 rings (SSSR count). The molecule has 0 aliphatic carbocycles. The third-order valence-electron chi connectivity index (χ3n) is 4.36. The summed E-state index contributed by atoms with van der Waals surface area (Å²) in [6.45, 7) is 4.33. The zero-order chi connectivity index (χ0) is 20.7. The third-order valence-corrected chi connectivity index (χ3v) is 4.36. The molecule has 152 valence electrons. The number of carboxylic acids is 1. The van der Waals surface area contributed by atoms with E-state index >= 15 is 0 Å². The van der Waals surface area contributed by atoms with Crippen molar-refractivity contribution in [3.05, 3.63) is 40.2 Å². The number of carbonyl (C=O) groups is 2. The summed E-state index contributed by atoms with van der Waals surface area (Å²) in [7, 11) is 0. The molecule has 1 aliphatic rings. The predicted molar refractivity (Wildman–Crippen MR) is 104 cm³/mol. The Morgan fingerprint density at radius 1 is 1.36 bits per heavy atom. The molecule has 2 aromatic rings. The van der Waals surface area contributed by atoms with Crippen LogP contribution in [0.5, 0.6) is 5.75 Å². The Kier molecular flexibility index (Phi) is 7.57. The number of piperidine rings is 1. The lowest BCUT2D eigenvalue weighted by Gasteiger charge is -2.30. The third kappa shape index (κ3) is 6.09. The molecule has 1 aromatic heterocycles. The van der Waals surface area contributed by atoms with Crippen LogP contribution in [0.4, 0.5) is 0 Å². The van der Waals surface area contributed by atoms with Crippen molar-refractivity contribution in [3.8, 4) is 5.75 Å². The molecule has 28 heavy (non-hydrogen) atoms. The number of ether oxygens (including phenoxy) is 1. The predicted octanol–water partition coefficient (Wildman–Crippen LogP) is 1.77. The monoisotopic (exact) mass is 390 g/mol. The summed E-state index contributed by atoms with van der Waals surface area (Å²) in [5, 5.41) is 8.30. The number of nitrogens with zero attached hydrogens (tertiary/aromatic N) is 1. The molecule has 0 bridgehead atoms. The highest BCUT2D eigenvalue weighted by Crippen LogP contribution is 2.23. The fraction of sp³-hybridized carbons (Fsp3) is 0.450. The lowest BCUT2D eigenvalue weighted by molar-refractivity contribution is -0.135. The van der Waals surface area contributed by atoms with Crippen molar-refractivity contribution in [1.29, 1.82) is 0 Å². The molecule has 1 aromatic carbocycles. The first-order valence-electron chi connectivity index (χ1n) is 9.22. The molecule has 0 radical (unpaired) electrons. The molecular formula is C20H26N2O6. The first kappa shape index (κ1) is 21.4. The van der Waals surface area contributed by atoms with Crippen LogP contribution in [0, 0.1) is 0 Å². The molecular weight excluding hydrogens is 364 g/mol. The lowest BCUT2D eigenvalue weighted by atomic mass is 10.1. The summed E-state index contributed by atoms with van der Waals surface area (Å²) in [5.74, 6) is -0.400. The normalized spacial score (nSPS) is 16.2. The van der Waals surface area contributed by atoms with Crippen LogP contribution in [0.3, 0.4) is 0 Å². The minimum absolute atomic E-state index is 0.0457. The second-order valence-corrected chi connectivity index (χ2v) is 6.65. The van der Waals surface area contributed by atoms with Gasteiger partial charge < -0.3 is 24.9 Å². The van der Waals surface area contributed by atoms with Gasteiger partial charge >= 0.3 is 5.63 Å². The quantitative estimate of drug-likeness (QED) is 0.763. The van der Waals surface area contributed by atoms with Gasteiger partial charge in [-0.15, -0.1) is 0 Å². The molecule has 2 heterocycles. The average molecular weight is 390 g/mol. The minimum Gasteiger partial charge on any atom is -0.484 e. The van der Waals surface area contributed by atoms with Gasteiger partial charge in [-0.1, -0.05) is 6.92 Å². The Bertz CT molecular complexity index is 888. The van der Waals surface area contributed by atoms with E-state index in [4.69, 9.17) is 24.8 Å². The number of aliphatic carboxylic acids is 1. The first-order valence-corrected chi connectivity index (χ1v) is 9.22. The van der Waals surface area contributed by atoms with Gasteiger partial charge in [0.25, 0.3) is 11.9 Å². The second kappa shape index (κ2) is 9.89. The molecule has 3 N–H and O–H groups in total. The Morgan fingerprint density at radius 2 is 2.07 bits per heavy atom. The van der Waals surface area contributed by atoms with Crippen LogP contribution in [0.25, 0.3) is 11.0 Å². The minimum atomic E-state index is -0.833. The smallest absolute Gasteiger partial charge is 0.336 e. The number of benzene rings is 1. The van der Waals surface area contributed by atoms with E-state index in [2.05, 4.69) is 0 Å². The van der Waals surface area contributed by atoms with Crippen molar-refractivity contribution in [1.82, 2.24) is 4.90 Å². The number of hydrogen-bond acceptors (Lipinski definition) is 6. The molecule has 8 nitrogen and oxygen atoms in total. The Morgan fingerprint density at radius 3 is 2.71 bits per heavy atom. The number of hydrogen-bond donors (Lipinski definition) is 2. The highest BCUT2D eigenvalue weighted by molar-refractivity contribution is 5.82. The largest absolute Gasteiger partial charge is 0.484 e. The molecule has 1 unspecified atom stereocenters. The van der Waals surface area contributed by atoms with Crippen molar-refractivity contribution in [3.63, 3.8) is 0 Å². The van der Waals surface area contributed by atoms with E-state index in [0.717, 1.165) is 43.7 Å². The van der Waals surface area contributed by atoms with Crippen LogP contribution in [0.2, 0.25) is 0 Å². The second-order valence-electron chi connectivity index (χ2n) is 6.65. The Labute approximate surface area is 162 Å². The number of carbonyl (C=O) groups excluding carboxylic acids is 1. The van der Waals surface area contributed by atoms with Crippen LogP contribution in [-0.4, -0.2) is 47.6 Å². The molecule has 0 spiro atoms. The molecule has 1 atom stereocenters. The fourth-order valence-corrected chi connectivity index (χ4v) is 3.07. The summed E-state index contributed by atoms with van der Waals surface area (Å²) < 4.78 is 10.8. The SMILES string of the molecule is CC(=O)O.CCc1cc(=O)oc2cc(OCC(=O)N3CCCC(N)C3)ccc12. The van der Waals surface area contributed by atoms with Crippen LogP contribution >= 0.6 is 0 Å². The highest BCUT2D eigenvalue weighted by atomic mass is 16.5. The lowest BCUT2D eigenvalue weighted by Crippen LogP contribution is -2.47. The number of rotatable bonds is 4. The van der Waals surface area contributed by atoms with Crippen molar-refractivity contribution < 1.29 is 23.8 Å². The van der Waals surface area contributed by atoms with E-state index in [0.29, 0.717) is 17.9 Å². The standard InChI is InChI=1S/C18H22N2O4.C2H4O2/c1-2-12-8-18(22)24-16-9-14(5-6-15(12)16)23-11-17(21)20-7-3-4-13(19)10-20;1-2(3)4/h5-6,8-9,13H,2-4,7,10-11,19H2,1H3;1H3,(H,3,4). The van der Waals surface area contributed by atoms with Crippen LogP contribution in [-0.2, 0) is 16.0 Å². The van der Waals surface area contributed by atoms with Crippen LogP contribution in [0.15, 0.2) is 33.5 Å². The fourth-order valence-electron chi connectivity index (χ4n) is 3.07. The van der Waals surface area contributed by atoms with Gasteiger partial charge in [0, 0.05) is 43.6 Å². The first-order chi connectivity index (χ1) is 13.3. The van der Waals surface area contributed by atoms with Crippen LogP contribution < -0.4 is 16.1 Å². The van der Waals surface area contributed by atoms with Gasteiger partial charge in [-0.25, -0.2) is 4.79 Å². The number of nitrogens with two attached hydrogens (primary N) is 1. The van der Waals surface area contributed by atoms with E-state index in [1.165, 1.54) is 6.07 Å². The maximum absolute atomic E-state index is 12.2. The molecule has 1 aliphatic heterocycles.